The lowest BCUT2D eigenvalue weighted by atomic mass is 10.0. The van der Waals surface area contributed by atoms with Gasteiger partial charge in [-0.15, -0.1) is 0 Å². The lowest BCUT2D eigenvalue weighted by molar-refractivity contribution is -0.163. The molecular formula is C9H5F6NO3S. The van der Waals surface area contributed by atoms with Crippen LogP contribution in [-0.2, 0) is 22.4 Å². The minimum atomic E-state index is -5.66. The zero-order valence-electron chi connectivity index (χ0n) is 9.21. The maximum atomic E-state index is 12.7. The zero-order chi connectivity index (χ0) is 15.9. The van der Waals surface area contributed by atoms with Crippen LogP contribution in [0.15, 0.2) is 17.0 Å². The highest BCUT2D eigenvalue weighted by Crippen LogP contribution is 2.44. The smallest absolute Gasteiger partial charge is 0.298 e. The number of nitrogens with two attached hydrogens (primary N) is 1. The van der Waals surface area contributed by atoms with Crippen LogP contribution in [0, 0.1) is 0 Å². The standard InChI is InChI=1S/C9H5F6NO3S/c10-8(11,12)6-4(3-17)1-2-5(20(16,18)19)7(6)9(13,14)15/h1-3H,(H2,16,18,19). The average molecular weight is 321 g/mol. The number of alkyl halides is 6. The van der Waals surface area contributed by atoms with Crippen molar-refractivity contribution in [2.24, 2.45) is 5.14 Å². The Bertz CT molecular complexity index is 647. The molecule has 20 heavy (non-hydrogen) atoms. The molecule has 2 N–H and O–H groups in total. The number of benzene rings is 1. The number of hydrogen-bond donors (Lipinski definition) is 1. The van der Waals surface area contributed by atoms with Crippen LogP contribution in [0.3, 0.4) is 0 Å². The molecule has 0 atom stereocenters. The van der Waals surface area contributed by atoms with Gasteiger partial charge in [-0.25, -0.2) is 13.6 Å². The van der Waals surface area contributed by atoms with Gasteiger partial charge in [-0.05, 0) is 12.1 Å². The molecule has 0 unspecified atom stereocenters. The molecule has 11 heteroatoms. The van der Waals surface area contributed by atoms with Crippen molar-refractivity contribution in [1.82, 2.24) is 0 Å². The zero-order valence-corrected chi connectivity index (χ0v) is 10.0. The van der Waals surface area contributed by atoms with E-state index in [2.05, 4.69) is 5.14 Å². The molecule has 0 heterocycles. The van der Waals surface area contributed by atoms with Crippen LogP contribution >= 0.6 is 0 Å². The third-order valence-electron chi connectivity index (χ3n) is 2.20. The summed E-state index contributed by atoms with van der Waals surface area (Å²) in [5, 5.41) is 4.47. The average Bonchev–Trinajstić information content (AvgIpc) is 2.23. The summed E-state index contributed by atoms with van der Waals surface area (Å²) in [6.07, 6.45) is -11.7. The maximum absolute atomic E-state index is 12.7. The molecule has 0 bridgehead atoms. The Morgan fingerprint density at radius 2 is 1.40 bits per heavy atom. The van der Waals surface area contributed by atoms with Gasteiger partial charge in [0.05, 0.1) is 16.0 Å². The van der Waals surface area contributed by atoms with E-state index in [1.807, 2.05) is 0 Å². The molecule has 0 spiro atoms. The van der Waals surface area contributed by atoms with Crippen molar-refractivity contribution >= 4 is 16.3 Å². The first-order chi connectivity index (χ1) is 8.80. The second-order valence-corrected chi connectivity index (χ2v) is 5.09. The van der Waals surface area contributed by atoms with Crippen molar-refractivity contribution in [2.45, 2.75) is 17.2 Å². The molecule has 0 aliphatic heterocycles. The van der Waals surface area contributed by atoms with Crippen molar-refractivity contribution in [2.75, 3.05) is 0 Å². The maximum Gasteiger partial charge on any atom is 0.418 e. The van der Waals surface area contributed by atoms with E-state index in [-0.39, 0.29) is 6.07 Å². The molecule has 0 aromatic heterocycles. The molecule has 0 saturated heterocycles. The quantitative estimate of drug-likeness (QED) is 0.670. The van der Waals surface area contributed by atoms with Crippen LogP contribution in [0.5, 0.6) is 0 Å². The fraction of sp³-hybridized carbons (Fsp3) is 0.222. The lowest BCUT2D eigenvalue weighted by Crippen LogP contribution is -2.25. The molecule has 0 amide bonds. The number of rotatable bonds is 2. The van der Waals surface area contributed by atoms with Crippen molar-refractivity contribution in [1.29, 1.82) is 0 Å². The highest BCUT2D eigenvalue weighted by atomic mass is 32.2. The van der Waals surface area contributed by atoms with E-state index in [9.17, 15) is 39.6 Å². The monoisotopic (exact) mass is 321 g/mol. The highest BCUT2D eigenvalue weighted by Gasteiger charge is 2.48. The molecule has 4 nitrogen and oxygen atoms in total. The summed E-state index contributed by atoms with van der Waals surface area (Å²) in [6, 6.07) is 0.516. The van der Waals surface area contributed by atoms with Crippen LogP contribution in [0.25, 0.3) is 0 Å². The third kappa shape index (κ3) is 3.10. The van der Waals surface area contributed by atoms with E-state index in [1.54, 1.807) is 0 Å². The second kappa shape index (κ2) is 4.74. The molecule has 112 valence electrons. The Labute approximate surface area is 108 Å². The van der Waals surface area contributed by atoms with E-state index in [4.69, 9.17) is 0 Å². The SMILES string of the molecule is NS(=O)(=O)c1ccc(C=O)c(C(F)(F)F)c1C(F)(F)F. The predicted octanol–water partition coefficient (Wildman–Crippen LogP) is 2.18. The number of primary sulfonamides is 1. The minimum absolute atomic E-state index is 0.205. The molecule has 0 radical (unpaired) electrons. The van der Waals surface area contributed by atoms with Gasteiger partial charge in [0.25, 0.3) is 0 Å². The first kappa shape index (κ1) is 16.4. The Morgan fingerprint density at radius 1 is 0.950 bits per heavy atom. The van der Waals surface area contributed by atoms with Crippen LogP contribution in [0.4, 0.5) is 26.3 Å². The molecule has 1 rings (SSSR count). The van der Waals surface area contributed by atoms with Crippen LogP contribution in [0.2, 0.25) is 0 Å². The summed E-state index contributed by atoms with van der Waals surface area (Å²) in [7, 11) is -5.06. The van der Waals surface area contributed by atoms with Gasteiger partial charge >= 0.3 is 12.4 Å². The first-order valence-corrected chi connectivity index (χ1v) is 6.14. The molecule has 0 saturated carbocycles. The number of halogens is 6. The van der Waals surface area contributed by atoms with Gasteiger partial charge in [-0.1, -0.05) is 0 Å². The van der Waals surface area contributed by atoms with Crippen LogP contribution in [-0.4, -0.2) is 14.7 Å². The van der Waals surface area contributed by atoms with Gasteiger partial charge in [0.2, 0.25) is 10.0 Å². The fourth-order valence-corrected chi connectivity index (χ4v) is 2.28. The summed E-state index contributed by atoms with van der Waals surface area (Å²) in [6.45, 7) is 0. The van der Waals surface area contributed by atoms with Gasteiger partial charge in [-0.2, -0.15) is 26.3 Å². The van der Waals surface area contributed by atoms with E-state index >= 15 is 0 Å². The largest absolute Gasteiger partial charge is 0.418 e. The third-order valence-corrected chi connectivity index (χ3v) is 3.15. The van der Waals surface area contributed by atoms with E-state index < -0.39 is 50.2 Å². The molecule has 0 fully saturated rings. The van der Waals surface area contributed by atoms with Crippen molar-refractivity contribution in [3.8, 4) is 0 Å². The summed E-state index contributed by atoms with van der Waals surface area (Å²) < 4.78 is 98.4. The van der Waals surface area contributed by atoms with Crippen molar-refractivity contribution in [3.05, 3.63) is 28.8 Å². The Kier molecular flexibility index (Phi) is 3.89. The number of aldehydes is 1. The number of sulfonamides is 1. The number of carbonyl (C=O) groups excluding carboxylic acids is 1. The predicted molar refractivity (Wildman–Crippen MR) is 53.2 cm³/mol. The number of hydrogen-bond acceptors (Lipinski definition) is 3. The van der Waals surface area contributed by atoms with Gasteiger partial charge in [0.15, 0.2) is 6.29 Å². The minimum Gasteiger partial charge on any atom is -0.298 e. The second-order valence-electron chi connectivity index (χ2n) is 3.56. The topological polar surface area (TPSA) is 77.2 Å². The van der Waals surface area contributed by atoms with Gasteiger partial charge in [-0.3, -0.25) is 4.79 Å². The summed E-state index contributed by atoms with van der Waals surface area (Å²) >= 11 is 0. The molecule has 1 aromatic carbocycles. The van der Waals surface area contributed by atoms with Crippen molar-refractivity contribution in [3.63, 3.8) is 0 Å². The normalized spacial score (nSPS) is 13.3. The van der Waals surface area contributed by atoms with E-state index in [0.29, 0.717) is 6.07 Å². The fourth-order valence-electron chi connectivity index (χ4n) is 1.52. The lowest BCUT2D eigenvalue weighted by Gasteiger charge is -2.19. The highest BCUT2D eigenvalue weighted by molar-refractivity contribution is 7.89. The first-order valence-electron chi connectivity index (χ1n) is 4.59. The summed E-state index contributed by atoms with van der Waals surface area (Å²) in [5.41, 5.74) is -6.22. The van der Waals surface area contributed by atoms with Crippen LogP contribution in [0.1, 0.15) is 21.5 Å². The van der Waals surface area contributed by atoms with Gasteiger partial charge in [0.1, 0.15) is 0 Å². The Morgan fingerprint density at radius 3 is 1.70 bits per heavy atom. The van der Waals surface area contributed by atoms with E-state index in [0.717, 1.165) is 0 Å². The molecule has 0 aliphatic rings. The number of carbonyl (C=O) groups is 1. The van der Waals surface area contributed by atoms with Crippen molar-refractivity contribution < 1.29 is 39.6 Å². The molecule has 1 aromatic rings. The Hall–Kier alpha value is -1.62. The molecular weight excluding hydrogens is 316 g/mol. The van der Waals surface area contributed by atoms with Crippen LogP contribution < -0.4 is 5.14 Å². The Balaban J connectivity index is 4.02. The summed E-state index contributed by atoms with van der Waals surface area (Å²) in [5.74, 6) is 0. The van der Waals surface area contributed by atoms with Gasteiger partial charge in [0, 0.05) is 5.56 Å². The van der Waals surface area contributed by atoms with Gasteiger partial charge < -0.3 is 0 Å². The summed E-state index contributed by atoms with van der Waals surface area (Å²) in [4.78, 5) is 8.72. The molecule has 0 aliphatic carbocycles. The van der Waals surface area contributed by atoms with E-state index in [1.165, 1.54) is 0 Å².